The van der Waals surface area contributed by atoms with Gasteiger partial charge < -0.3 is 5.32 Å². The molecule has 0 amide bonds. The van der Waals surface area contributed by atoms with E-state index in [2.05, 4.69) is 62.7 Å². The van der Waals surface area contributed by atoms with E-state index in [1.54, 1.807) is 0 Å². The lowest BCUT2D eigenvalue weighted by atomic mass is 9.99. The van der Waals surface area contributed by atoms with E-state index in [0.29, 0.717) is 10.8 Å². The van der Waals surface area contributed by atoms with Crippen LogP contribution in [0, 0.1) is 0 Å². The molecular weight excluding hydrogens is 238 g/mol. The Kier molecular flexibility index (Phi) is 6.80. The number of hydrogen-bond acceptors (Lipinski definition) is 2. The predicted molar refractivity (Wildman–Crippen MR) is 84.3 cm³/mol. The van der Waals surface area contributed by atoms with Crippen molar-refractivity contribution in [2.45, 2.75) is 50.8 Å². The van der Waals surface area contributed by atoms with Crippen molar-refractivity contribution < 1.29 is 0 Å². The minimum absolute atomic E-state index is 0.391. The summed E-state index contributed by atoms with van der Waals surface area (Å²) in [7, 11) is 0. The summed E-state index contributed by atoms with van der Waals surface area (Å²) in [5.74, 6) is 0. The molecule has 1 N–H and O–H groups in total. The van der Waals surface area contributed by atoms with E-state index >= 15 is 0 Å². The summed E-state index contributed by atoms with van der Waals surface area (Å²) in [6.07, 6.45) is 5.83. The molecule has 0 radical (unpaired) electrons. The molecule has 0 aliphatic carbocycles. The monoisotopic (exact) mass is 265 g/mol. The lowest BCUT2D eigenvalue weighted by molar-refractivity contribution is 0.438. The van der Waals surface area contributed by atoms with Crippen LogP contribution in [-0.2, 0) is 0 Å². The second-order valence-corrected chi connectivity index (χ2v) is 6.12. The maximum atomic E-state index is 3.76. The first-order valence-electron chi connectivity index (χ1n) is 7.04. The first-order valence-corrected chi connectivity index (χ1v) is 8.27. The van der Waals surface area contributed by atoms with Gasteiger partial charge in [0.25, 0.3) is 0 Å². The molecule has 0 saturated heterocycles. The minimum atomic E-state index is 0.391. The summed E-state index contributed by atoms with van der Waals surface area (Å²) >= 11 is 2.00. The second-order valence-electron chi connectivity index (χ2n) is 4.85. The molecular formula is C16H27NS. The van der Waals surface area contributed by atoms with E-state index in [1.165, 1.54) is 18.4 Å². The van der Waals surface area contributed by atoms with Crippen LogP contribution in [0.4, 0.5) is 0 Å². The molecule has 0 bridgehead atoms. The molecule has 0 heterocycles. The van der Waals surface area contributed by atoms with Gasteiger partial charge in [0.15, 0.2) is 0 Å². The van der Waals surface area contributed by atoms with Gasteiger partial charge in [0.2, 0.25) is 0 Å². The van der Waals surface area contributed by atoms with Crippen molar-refractivity contribution in [3.8, 4) is 0 Å². The highest BCUT2D eigenvalue weighted by molar-refractivity contribution is 8.00. The second kappa shape index (κ2) is 7.85. The Labute approximate surface area is 117 Å². The Hall–Kier alpha value is -0.470. The van der Waals surface area contributed by atoms with Gasteiger partial charge in [0, 0.05) is 17.3 Å². The SMILES string of the molecule is CCC(NCC(CC)(CC)SC)c1ccccc1. The van der Waals surface area contributed by atoms with E-state index in [9.17, 15) is 0 Å². The standard InChI is InChI=1S/C16H27NS/c1-5-15(14-11-9-8-10-12-14)17-13-16(6-2,7-3)18-4/h8-12,15,17H,5-7,13H2,1-4H3. The zero-order valence-corrected chi connectivity index (χ0v) is 13.0. The number of hydrogen-bond donors (Lipinski definition) is 1. The molecule has 1 aromatic carbocycles. The molecule has 0 aliphatic heterocycles. The maximum absolute atomic E-state index is 3.76. The third kappa shape index (κ3) is 4.03. The van der Waals surface area contributed by atoms with E-state index in [0.717, 1.165) is 13.0 Å². The van der Waals surface area contributed by atoms with E-state index in [4.69, 9.17) is 0 Å². The van der Waals surface area contributed by atoms with Crippen molar-refractivity contribution in [3.05, 3.63) is 35.9 Å². The highest BCUT2D eigenvalue weighted by Gasteiger charge is 2.25. The molecule has 0 aromatic heterocycles. The smallest absolute Gasteiger partial charge is 0.0318 e. The van der Waals surface area contributed by atoms with Crippen LogP contribution in [0.1, 0.15) is 51.6 Å². The van der Waals surface area contributed by atoms with Crippen molar-refractivity contribution in [3.63, 3.8) is 0 Å². The van der Waals surface area contributed by atoms with Crippen LogP contribution in [0.3, 0.4) is 0 Å². The number of nitrogens with one attached hydrogen (secondary N) is 1. The van der Waals surface area contributed by atoms with Gasteiger partial charge in [-0.3, -0.25) is 0 Å². The summed E-state index contributed by atoms with van der Waals surface area (Å²) in [5, 5.41) is 3.76. The highest BCUT2D eigenvalue weighted by atomic mass is 32.2. The van der Waals surface area contributed by atoms with Crippen LogP contribution in [0.15, 0.2) is 30.3 Å². The molecule has 18 heavy (non-hydrogen) atoms. The van der Waals surface area contributed by atoms with Gasteiger partial charge in [-0.25, -0.2) is 0 Å². The molecule has 1 unspecified atom stereocenters. The van der Waals surface area contributed by atoms with Gasteiger partial charge in [-0.1, -0.05) is 51.1 Å². The normalized spacial score (nSPS) is 13.6. The Balaban J connectivity index is 2.65. The summed E-state index contributed by atoms with van der Waals surface area (Å²) in [5.41, 5.74) is 1.40. The van der Waals surface area contributed by atoms with Crippen molar-refractivity contribution in [2.75, 3.05) is 12.8 Å². The average Bonchev–Trinajstić information content (AvgIpc) is 2.45. The molecule has 0 saturated carbocycles. The first-order chi connectivity index (χ1) is 8.71. The van der Waals surface area contributed by atoms with Crippen LogP contribution in [0.25, 0.3) is 0 Å². The molecule has 0 fully saturated rings. The third-order valence-corrected chi connectivity index (χ3v) is 5.59. The van der Waals surface area contributed by atoms with E-state index in [1.807, 2.05) is 11.8 Å². The largest absolute Gasteiger partial charge is 0.309 e. The molecule has 2 heteroatoms. The maximum Gasteiger partial charge on any atom is 0.0318 e. The lowest BCUT2D eigenvalue weighted by Crippen LogP contribution is -2.38. The van der Waals surface area contributed by atoms with Gasteiger partial charge in [-0.2, -0.15) is 11.8 Å². The van der Waals surface area contributed by atoms with Crippen LogP contribution >= 0.6 is 11.8 Å². The Morgan fingerprint density at radius 1 is 1.11 bits per heavy atom. The Bertz CT molecular complexity index is 311. The summed E-state index contributed by atoms with van der Waals surface area (Å²) < 4.78 is 0.391. The average molecular weight is 265 g/mol. The zero-order valence-electron chi connectivity index (χ0n) is 12.2. The highest BCUT2D eigenvalue weighted by Crippen LogP contribution is 2.30. The zero-order chi connectivity index (χ0) is 13.4. The molecule has 1 nitrogen and oxygen atoms in total. The van der Waals surface area contributed by atoms with Crippen LogP contribution in [-0.4, -0.2) is 17.5 Å². The molecule has 0 spiro atoms. The van der Waals surface area contributed by atoms with Gasteiger partial charge in [-0.15, -0.1) is 0 Å². The van der Waals surface area contributed by atoms with E-state index < -0.39 is 0 Å². The van der Waals surface area contributed by atoms with Gasteiger partial charge in [-0.05, 0) is 31.1 Å². The van der Waals surface area contributed by atoms with Gasteiger partial charge in [0.05, 0.1) is 0 Å². The van der Waals surface area contributed by atoms with Crippen molar-refractivity contribution in [1.82, 2.24) is 5.32 Å². The summed E-state index contributed by atoms with van der Waals surface area (Å²) in [4.78, 5) is 0. The van der Waals surface area contributed by atoms with Crippen molar-refractivity contribution >= 4 is 11.8 Å². The molecule has 102 valence electrons. The fraction of sp³-hybridized carbons (Fsp3) is 0.625. The Morgan fingerprint density at radius 2 is 1.72 bits per heavy atom. The fourth-order valence-corrected chi connectivity index (χ4v) is 3.16. The fourth-order valence-electron chi connectivity index (χ4n) is 2.35. The topological polar surface area (TPSA) is 12.0 Å². The minimum Gasteiger partial charge on any atom is -0.309 e. The lowest BCUT2D eigenvalue weighted by Gasteiger charge is -2.32. The third-order valence-electron chi connectivity index (χ3n) is 4.00. The Morgan fingerprint density at radius 3 is 2.17 bits per heavy atom. The van der Waals surface area contributed by atoms with Crippen LogP contribution in [0.5, 0.6) is 0 Å². The number of benzene rings is 1. The van der Waals surface area contributed by atoms with Gasteiger partial charge in [0.1, 0.15) is 0 Å². The molecule has 1 rings (SSSR count). The first kappa shape index (κ1) is 15.6. The predicted octanol–water partition coefficient (Wildman–Crippen LogP) is 4.65. The molecule has 1 aromatic rings. The molecule has 1 atom stereocenters. The van der Waals surface area contributed by atoms with Crippen molar-refractivity contribution in [2.24, 2.45) is 0 Å². The summed E-state index contributed by atoms with van der Waals surface area (Å²) in [6, 6.07) is 11.3. The van der Waals surface area contributed by atoms with E-state index in [-0.39, 0.29) is 0 Å². The molecule has 0 aliphatic rings. The van der Waals surface area contributed by atoms with Crippen LogP contribution < -0.4 is 5.32 Å². The summed E-state index contributed by atoms with van der Waals surface area (Å²) in [6.45, 7) is 7.94. The van der Waals surface area contributed by atoms with Crippen molar-refractivity contribution in [1.29, 1.82) is 0 Å². The number of thioether (sulfide) groups is 1. The van der Waals surface area contributed by atoms with Crippen LogP contribution in [0.2, 0.25) is 0 Å². The number of rotatable bonds is 8. The van der Waals surface area contributed by atoms with Gasteiger partial charge >= 0.3 is 0 Å². The quantitative estimate of drug-likeness (QED) is 0.734.